The van der Waals surface area contributed by atoms with Crippen LogP contribution >= 0.6 is 0 Å². The molecule has 0 bridgehead atoms. The molecule has 2 heterocycles. The second kappa shape index (κ2) is 7.30. The van der Waals surface area contributed by atoms with Gasteiger partial charge in [0, 0.05) is 31.9 Å². The molecule has 0 saturated carbocycles. The summed E-state index contributed by atoms with van der Waals surface area (Å²) in [6.07, 6.45) is 2.50. The minimum atomic E-state index is -0.00638. The lowest BCUT2D eigenvalue weighted by atomic mass is 10.1. The lowest BCUT2D eigenvalue weighted by molar-refractivity contribution is 0.0795. The first kappa shape index (κ1) is 16.9. The van der Waals surface area contributed by atoms with Crippen LogP contribution in [0.1, 0.15) is 27.4 Å². The van der Waals surface area contributed by atoms with Gasteiger partial charge in [0.2, 0.25) is 0 Å². The van der Waals surface area contributed by atoms with Gasteiger partial charge in [-0.25, -0.2) is 4.68 Å². The number of carbonyl (C=O) groups is 1. The van der Waals surface area contributed by atoms with Crippen LogP contribution in [-0.2, 0) is 6.42 Å². The smallest absolute Gasteiger partial charge is 0.257 e. The number of aromatic nitrogens is 3. The molecule has 1 amide bonds. The van der Waals surface area contributed by atoms with Gasteiger partial charge in [0.1, 0.15) is 0 Å². The zero-order chi connectivity index (χ0) is 17.8. The summed E-state index contributed by atoms with van der Waals surface area (Å²) in [4.78, 5) is 18.9. The number of aryl methyl sites for hydroxylation is 1. The highest BCUT2D eigenvalue weighted by atomic mass is 16.2. The van der Waals surface area contributed by atoms with E-state index in [0.29, 0.717) is 12.1 Å². The molecule has 0 spiro atoms. The molecule has 0 fully saturated rings. The molecular weight excluding hydrogens is 312 g/mol. The molecule has 0 aliphatic carbocycles. The maximum atomic E-state index is 12.9. The second-order valence-corrected chi connectivity index (χ2v) is 6.09. The van der Waals surface area contributed by atoms with E-state index >= 15 is 0 Å². The van der Waals surface area contributed by atoms with Gasteiger partial charge in [0.15, 0.2) is 0 Å². The van der Waals surface area contributed by atoms with Crippen molar-refractivity contribution in [1.82, 2.24) is 19.7 Å². The third kappa shape index (κ3) is 3.60. The van der Waals surface area contributed by atoms with Crippen LogP contribution in [-0.4, -0.2) is 39.2 Å². The fourth-order valence-electron chi connectivity index (χ4n) is 2.89. The number of amides is 1. The van der Waals surface area contributed by atoms with Crippen molar-refractivity contribution in [3.63, 3.8) is 0 Å². The number of hydrogen-bond donors (Lipinski definition) is 0. The fraction of sp³-hybridized carbons (Fsp3) is 0.250. The standard InChI is InChI=1S/C20H22N4O/c1-15-19(16(2)24(22-15)18-10-5-4-6-11-18)20(25)23(3)14-12-17-9-7-8-13-21-17/h4-11,13H,12,14H2,1-3H3. The number of benzene rings is 1. The highest BCUT2D eigenvalue weighted by molar-refractivity contribution is 5.96. The Morgan fingerprint density at radius 3 is 2.48 bits per heavy atom. The Balaban J connectivity index is 1.79. The Kier molecular flexibility index (Phi) is 4.93. The third-order valence-electron chi connectivity index (χ3n) is 4.28. The predicted octanol–water partition coefficient (Wildman–Crippen LogP) is 3.20. The van der Waals surface area contributed by atoms with E-state index in [-0.39, 0.29) is 5.91 Å². The van der Waals surface area contributed by atoms with Crippen LogP contribution in [0.3, 0.4) is 0 Å². The van der Waals surface area contributed by atoms with Gasteiger partial charge in [-0.15, -0.1) is 0 Å². The summed E-state index contributed by atoms with van der Waals surface area (Å²) in [6, 6.07) is 15.7. The molecule has 5 heteroatoms. The molecule has 0 unspecified atom stereocenters. The monoisotopic (exact) mass is 334 g/mol. The van der Waals surface area contributed by atoms with E-state index in [1.54, 1.807) is 11.1 Å². The minimum absolute atomic E-state index is 0.00638. The molecule has 128 valence electrons. The van der Waals surface area contributed by atoms with Crippen LogP contribution in [0, 0.1) is 13.8 Å². The van der Waals surface area contributed by atoms with E-state index in [9.17, 15) is 4.79 Å². The summed E-state index contributed by atoms with van der Waals surface area (Å²) < 4.78 is 1.83. The van der Waals surface area contributed by atoms with Gasteiger partial charge < -0.3 is 4.90 Å². The Hall–Kier alpha value is -2.95. The highest BCUT2D eigenvalue weighted by Crippen LogP contribution is 2.19. The molecule has 5 nitrogen and oxygen atoms in total. The van der Waals surface area contributed by atoms with Crippen LogP contribution in [0.25, 0.3) is 5.69 Å². The first-order chi connectivity index (χ1) is 12.1. The molecular formula is C20H22N4O. The quantitative estimate of drug-likeness (QED) is 0.720. The van der Waals surface area contributed by atoms with Gasteiger partial charge in [0.25, 0.3) is 5.91 Å². The molecule has 1 aromatic carbocycles. The first-order valence-corrected chi connectivity index (χ1v) is 8.35. The highest BCUT2D eigenvalue weighted by Gasteiger charge is 2.22. The van der Waals surface area contributed by atoms with Gasteiger partial charge in [-0.2, -0.15) is 5.10 Å². The minimum Gasteiger partial charge on any atom is -0.341 e. The molecule has 3 rings (SSSR count). The average molecular weight is 334 g/mol. The van der Waals surface area contributed by atoms with E-state index in [0.717, 1.165) is 29.2 Å². The zero-order valence-corrected chi connectivity index (χ0v) is 14.8. The van der Waals surface area contributed by atoms with E-state index in [4.69, 9.17) is 0 Å². The number of pyridine rings is 1. The maximum absolute atomic E-state index is 12.9. The summed E-state index contributed by atoms with van der Waals surface area (Å²) in [7, 11) is 1.82. The van der Waals surface area contributed by atoms with Gasteiger partial charge in [-0.1, -0.05) is 24.3 Å². The molecule has 0 N–H and O–H groups in total. The number of likely N-dealkylation sites (N-methyl/N-ethyl adjacent to an activating group) is 1. The summed E-state index contributed by atoms with van der Waals surface area (Å²) in [5, 5.41) is 4.56. The third-order valence-corrected chi connectivity index (χ3v) is 4.28. The largest absolute Gasteiger partial charge is 0.341 e. The van der Waals surface area contributed by atoms with Crippen LogP contribution in [0.2, 0.25) is 0 Å². The van der Waals surface area contributed by atoms with E-state index < -0.39 is 0 Å². The molecule has 0 atom stereocenters. The Morgan fingerprint density at radius 2 is 1.80 bits per heavy atom. The van der Waals surface area contributed by atoms with E-state index in [1.165, 1.54) is 0 Å². The SMILES string of the molecule is Cc1nn(-c2ccccc2)c(C)c1C(=O)N(C)CCc1ccccn1. The number of nitrogens with zero attached hydrogens (tertiary/aromatic N) is 4. The van der Waals surface area contributed by atoms with Crippen molar-refractivity contribution < 1.29 is 4.79 Å². The van der Waals surface area contributed by atoms with Crippen molar-refractivity contribution in [2.24, 2.45) is 0 Å². The van der Waals surface area contributed by atoms with Gasteiger partial charge in [0.05, 0.1) is 22.6 Å². The molecule has 0 saturated heterocycles. The summed E-state index contributed by atoms with van der Waals surface area (Å²) in [5.74, 6) is -0.00638. The van der Waals surface area contributed by atoms with Crippen molar-refractivity contribution in [2.45, 2.75) is 20.3 Å². The zero-order valence-electron chi connectivity index (χ0n) is 14.8. The van der Waals surface area contributed by atoms with E-state index in [2.05, 4.69) is 10.1 Å². The summed E-state index contributed by atoms with van der Waals surface area (Å²) in [5.41, 5.74) is 4.22. The molecule has 2 aromatic heterocycles. The van der Waals surface area contributed by atoms with Gasteiger partial charge in [-0.3, -0.25) is 9.78 Å². The molecule has 0 aliphatic heterocycles. The van der Waals surface area contributed by atoms with Crippen LogP contribution in [0.5, 0.6) is 0 Å². The van der Waals surface area contributed by atoms with Crippen molar-refractivity contribution in [1.29, 1.82) is 0 Å². The van der Waals surface area contributed by atoms with E-state index in [1.807, 2.05) is 74.1 Å². The summed E-state index contributed by atoms with van der Waals surface area (Å²) >= 11 is 0. The molecule has 0 radical (unpaired) electrons. The van der Waals surface area contributed by atoms with Crippen LogP contribution in [0.4, 0.5) is 0 Å². The fourth-order valence-corrected chi connectivity index (χ4v) is 2.89. The Labute approximate surface area is 147 Å². The molecule has 25 heavy (non-hydrogen) atoms. The van der Waals surface area contributed by atoms with Crippen molar-refractivity contribution in [2.75, 3.05) is 13.6 Å². The van der Waals surface area contributed by atoms with Gasteiger partial charge >= 0.3 is 0 Å². The van der Waals surface area contributed by atoms with Crippen molar-refractivity contribution >= 4 is 5.91 Å². The van der Waals surface area contributed by atoms with Crippen LogP contribution in [0.15, 0.2) is 54.7 Å². The summed E-state index contributed by atoms with van der Waals surface area (Å²) in [6.45, 7) is 4.43. The molecule has 0 aliphatic rings. The number of para-hydroxylation sites is 1. The number of hydrogen-bond acceptors (Lipinski definition) is 3. The lowest BCUT2D eigenvalue weighted by Gasteiger charge is -2.17. The first-order valence-electron chi connectivity index (χ1n) is 8.35. The van der Waals surface area contributed by atoms with Crippen molar-refractivity contribution in [3.8, 4) is 5.69 Å². The Morgan fingerprint density at radius 1 is 1.08 bits per heavy atom. The second-order valence-electron chi connectivity index (χ2n) is 6.09. The Bertz CT molecular complexity index is 856. The number of carbonyl (C=O) groups excluding carboxylic acids is 1. The predicted molar refractivity (Wildman–Crippen MR) is 97.9 cm³/mol. The topological polar surface area (TPSA) is 51.0 Å². The normalized spacial score (nSPS) is 10.7. The van der Waals surface area contributed by atoms with Crippen LogP contribution < -0.4 is 0 Å². The van der Waals surface area contributed by atoms with Gasteiger partial charge in [-0.05, 0) is 38.1 Å². The lowest BCUT2D eigenvalue weighted by Crippen LogP contribution is -2.29. The average Bonchev–Trinajstić information content (AvgIpc) is 2.95. The van der Waals surface area contributed by atoms with Crippen molar-refractivity contribution in [3.05, 3.63) is 77.4 Å². The maximum Gasteiger partial charge on any atom is 0.257 e. The number of rotatable bonds is 5. The molecule has 3 aromatic rings.